The summed E-state index contributed by atoms with van der Waals surface area (Å²) < 4.78 is 0. The largest absolute Gasteiger partial charge is 0.354 e. The summed E-state index contributed by atoms with van der Waals surface area (Å²) in [6.07, 6.45) is 3.24. The van der Waals surface area contributed by atoms with Crippen LogP contribution in [0.2, 0.25) is 0 Å². The molecule has 1 aromatic heterocycles. The van der Waals surface area contributed by atoms with Gasteiger partial charge in [-0.3, -0.25) is 4.90 Å². The van der Waals surface area contributed by atoms with Gasteiger partial charge in [-0.1, -0.05) is 6.07 Å². The third-order valence-electron chi connectivity index (χ3n) is 4.07. The molecule has 3 rings (SSSR count). The molecule has 18 heavy (non-hydrogen) atoms. The maximum atomic E-state index is 4.42. The zero-order valence-corrected chi connectivity index (χ0v) is 10.9. The Bertz CT molecular complexity index is 355. The maximum absolute atomic E-state index is 4.42. The van der Waals surface area contributed by atoms with Gasteiger partial charge in [0.1, 0.15) is 5.82 Å². The molecule has 4 nitrogen and oxygen atoms in total. The molecule has 4 heteroatoms. The highest BCUT2D eigenvalue weighted by Crippen LogP contribution is 2.14. The number of rotatable bonds is 4. The normalized spacial score (nSPS) is 21.9. The summed E-state index contributed by atoms with van der Waals surface area (Å²) in [6.45, 7) is 8.30. The monoisotopic (exact) mass is 246 g/mol. The third kappa shape index (κ3) is 2.82. The second-order valence-electron chi connectivity index (χ2n) is 5.33. The summed E-state index contributed by atoms with van der Waals surface area (Å²) in [7, 11) is 0. The van der Waals surface area contributed by atoms with Crippen molar-refractivity contribution in [1.29, 1.82) is 0 Å². The second kappa shape index (κ2) is 5.67. The number of nitrogens with one attached hydrogen (secondary N) is 1. The zero-order valence-electron chi connectivity index (χ0n) is 10.9. The van der Waals surface area contributed by atoms with Crippen LogP contribution in [0, 0.1) is 5.92 Å². The van der Waals surface area contributed by atoms with Gasteiger partial charge in [-0.05, 0) is 44.1 Å². The minimum absolute atomic E-state index is 0.929. The van der Waals surface area contributed by atoms with Crippen molar-refractivity contribution < 1.29 is 0 Å². The average Bonchev–Trinajstić information content (AvgIpc) is 2.39. The Labute approximate surface area is 109 Å². The number of piperazine rings is 1. The molecule has 3 heterocycles. The molecule has 1 aromatic rings. The van der Waals surface area contributed by atoms with Crippen LogP contribution in [-0.4, -0.2) is 55.7 Å². The van der Waals surface area contributed by atoms with E-state index in [1.165, 1.54) is 39.1 Å². The summed E-state index contributed by atoms with van der Waals surface area (Å²) in [6, 6.07) is 6.15. The first kappa shape index (κ1) is 11.9. The smallest absolute Gasteiger partial charge is 0.128 e. The Kier molecular flexibility index (Phi) is 3.76. The van der Waals surface area contributed by atoms with Crippen LogP contribution in [0.1, 0.15) is 6.42 Å². The van der Waals surface area contributed by atoms with E-state index >= 15 is 0 Å². The van der Waals surface area contributed by atoms with E-state index < -0.39 is 0 Å². The lowest BCUT2D eigenvalue weighted by molar-refractivity contribution is 0.216. The Morgan fingerprint density at radius 2 is 2.00 bits per heavy atom. The molecular formula is C14H22N4. The Balaban J connectivity index is 1.43. The summed E-state index contributed by atoms with van der Waals surface area (Å²) in [4.78, 5) is 9.41. The molecule has 0 bridgehead atoms. The molecule has 0 saturated carbocycles. The lowest BCUT2D eigenvalue weighted by atomic mass is 9.99. The molecule has 0 atom stereocenters. The predicted molar refractivity (Wildman–Crippen MR) is 73.9 cm³/mol. The van der Waals surface area contributed by atoms with Crippen LogP contribution >= 0.6 is 0 Å². The fourth-order valence-corrected chi connectivity index (χ4v) is 2.66. The number of pyridine rings is 1. The standard InChI is InChI=1S/C14H22N4/c1-2-5-16-14(3-1)18-9-7-17(8-10-18)6-4-13-11-15-12-13/h1-3,5,13,15H,4,6-12H2. The predicted octanol–water partition coefficient (Wildman–Crippen LogP) is 0.813. The highest BCUT2D eigenvalue weighted by atomic mass is 15.3. The fourth-order valence-electron chi connectivity index (χ4n) is 2.66. The molecule has 2 aliphatic rings. The summed E-state index contributed by atoms with van der Waals surface area (Å²) in [5.41, 5.74) is 0. The summed E-state index contributed by atoms with van der Waals surface area (Å²) >= 11 is 0. The second-order valence-corrected chi connectivity index (χ2v) is 5.33. The Hall–Kier alpha value is -1.13. The van der Waals surface area contributed by atoms with Crippen LogP contribution < -0.4 is 10.2 Å². The minimum atomic E-state index is 0.929. The van der Waals surface area contributed by atoms with E-state index in [-0.39, 0.29) is 0 Å². The quantitative estimate of drug-likeness (QED) is 0.852. The van der Waals surface area contributed by atoms with Crippen LogP contribution in [0.25, 0.3) is 0 Å². The van der Waals surface area contributed by atoms with Gasteiger partial charge in [-0.2, -0.15) is 0 Å². The van der Waals surface area contributed by atoms with Crippen LogP contribution in [0.5, 0.6) is 0 Å². The summed E-state index contributed by atoms with van der Waals surface area (Å²) in [5, 5.41) is 3.34. The van der Waals surface area contributed by atoms with Crippen LogP contribution in [0.4, 0.5) is 5.82 Å². The topological polar surface area (TPSA) is 31.4 Å². The Morgan fingerprint density at radius 1 is 1.17 bits per heavy atom. The minimum Gasteiger partial charge on any atom is -0.354 e. The number of anilines is 1. The summed E-state index contributed by atoms with van der Waals surface area (Å²) in [5.74, 6) is 2.05. The fraction of sp³-hybridized carbons (Fsp3) is 0.643. The molecule has 0 unspecified atom stereocenters. The van der Waals surface area contributed by atoms with Gasteiger partial charge in [-0.25, -0.2) is 4.98 Å². The van der Waals surface area contributed by atoms with Crippen molar-refractivity contribution in [3.63, 3.8) is 0 Å². The molecule has 0 aliphatic carbocycles. The molecule has 2 saturated heterocycles. The van der Waals surface area contributed by atoms with E-state index in [4.69, 9.17) is 0 Å². The van der Waals surface area contributed by atoms with E-state index in [0.717, 1.165) is 24.8 Å². The van der Waals surface area contributed by atoms with Gasteiger partial charge < -0.3 is 10.2 Å². The lowest BCUT2D eigenvalue weighted by Crippen LogP contribution is -2.49. The first-order valence-electron chi connectivity index (χ1n) is 7.01. The van der Waals surface area contributed by atoms with Gasteiger partial charge >= 0.3 is 0 Å². The third-order valence-corrected chi connectivity index (χ3v) is 4.07. The number of aromatic nitrogens is 1. The highest BCUT2D eigenvalue weighted by molar-refractivity contribution is 5.38. The first-order valence-corrected chi connectivity index (χ1v) is 7.01. The van der Waals surface area contributed by atoms with Crippen LogP contribution in [0.3, 0.4) is 0 Å². The lowest BCUT2D eigenvalue weighted by Gasteiger charge is -2.37. The van der Waals surface area contributed by atoms with Crippen molar-refractivity contribution in [3.8, 4) is 0 Å². The number of hydrogen-bond acceptors (Lipinski definition) is 4. The SMILES string of the molecule is c1ccc(N2CCN(CCC3CNC3)CC2)nc1. The van der Waals surface area contributed by atoms with Gasteiger partial charge in [0.2, 0.25) is 0 Å². The van der Waals surface area contributed by atoms with Crippen LogP contribution in [0.15, 0.2) is 24.4 Å². The van der Waals surface area contributed by atoms with Gasteiger partial charge in [-0.15, -0.1) is 0 Å². The molecule has 2 fully saturated rings. The number of hydrogen-bond donors (Lipinski definition) is 1. The van der Waals surface area contributed by atoms with E-state index in [1.807, 2.05) is 12.3 Å². The molecule has 2 aliphatic heterocycles. The van der Waals surface area contributed by atoms with E-state index in [9.17, 15) is 0 Å². The van der Waals surface area contributed by atoms with Crippen molar-refractivity contribution in [2.75, 3.05) is 50.7 Å². The first-order chi connectivity index (χ1) is 8.92. The molecule has 0 aromatic carbocycles. The van der Waals surface area contributed by atoms with Crippen molar-refractivity contribution in [2.24, 2.45) is 5.92 Å². The van der Waals surface area contributed by atoms with E-state index in [0.29, 0.717) is 0 Å². The average molecular weight is 246 g/mol. The van der Waals surface area contributed by atoms with Crippen molar-refractivity contribution in [3.05, 3.63) is 24.4 Å². The van der Waals surface area contributed by atoms with E-state index in [2.05, 4.69) is 32.2 Å². The molecule has 0 spiro atoms. The molecule has 0 radical (unpaired) electrons. The van der Waals surface area contributed by atoms with Crippen LogP contribution in [-0.2, 0) is 0 Å². The van der Waals surface area contributed by atoms with Crippen molar-refractivity contribution in [2.45, 2.75) is 6.42 Å². The van der Waals surface area contributed by atoms with Crippen molar-refractivity contribution in [1.82, 2.24) is 15.2 Å². The highest BCUT2D eigenvalue weighted by Gasteiger charge is 2.21. The zero-order chi connectivity index (χ0) is 12.2. The van der Waals surface area contributed by atoms with E-state index in [1.54, 1.807) is 0 Å². The molecule has 0 amide bonds. The van der Waals surface area contributed by atoms with Gasteiger partial charge in [0.15, 0.2) is 0 Å². The molecule has 1 N–H and O–H groups in total. The Morgan fingerprint density at radius 3 is 2.61 bits per heavy atom. The molecular weight excluding hydrogens is 224 g/mol. The van der Waals surface area contributed by atoms with Gasteiger partial charge in [0.05, 0.1) is 0 Å². The maximum Gasteiger partial charge on any atom is 0.128 e. The van der Waals surface area contributed by atoms with Gasteiger partial charge in [0.25, 0.3) is 0 Å². The number of nitrogens with zero attached hydrogens (tertiary/aromatic N) is 3. The van der Waals surface area contributed by atoms with Crippen molar-refractivity contribution >= 4 is 5.82 Å². The molecule has 98 valence electrons. The van der Waals surface area contributed by atoms with Gasteiger partial charge in [0, 0.05) is 32.4 Å².